The van der Waals surface area contributed by atoms with Crippen LogP contribution in [0.4, 0.5) is 0 Å². The minimum absolute atomic E-state index is 0. The molecule has 0 heterocycles. The lowest BCUT2D eigenvalue weighted by molar-refractivity contribution is 0.683. The summed E-state index contributed by atoms with van der Waals surface area (Å²) in [5.74, 6) is 6.19. The van der Waals surface area contributed by atoms with Crippen molar-refractivity contribution in [3.05, 3.63) is 213 Å². The maximum absolute atomic E-state index is 13.2. The molecule has 1 aliphatic carbocycles. The average Bonchev–Trinajstić information content (AvgIpc) is 3.90. The summed E-state index contributed by atoms with van der Waals surface area (Å²) in [7, 11) is 6.74. The zero-order chi connectivity index (χ0) is 51.7. The van der Waals surface area contributed by atoms with E-state index in [1.807, 2.05) is 146 Å². The van der Waals surface area contributed by atoms with Crippen molar-refractivity contribution in [3.8, 4) is 22.3 Å². The molecule has 0 aromatic heterocycles. The van der Waals surface area contributed by atoms with E-state index in [1.165, 1.54) is 39.3 Å². The van der Waals surface area contributed by atoms with Crippen molar-refractivity contribution in [2.75, 3.05) is 0 Å². The number of hydrogen-bond donors (Lipinski definition) is 0. The first-order valence-corrected chi connectivity index (χ1v) is 36.3. The molecule has 2 atom stereocenters. The van der Waals surface area contributed by atoms with Gasteiger partial charge in [-0.1, -0.05) is 169 Å². The maximum Gasteiger partial charge on any atom is 0.130 e. The second-order valence-electron chi connectivity index (χ2n) is 15.3. The zero-order valence-electron chi connectivity index (χ0n) is 39.2. The van der Waals surface area contributed by atoms with Crippen molar-refractivity contribution < 1.29 is 8.42 Å². The summed E-state index contributed by atoms with van der Waals surface area (Å²) in [5.41, 5.74) is 4.93. The molecule has 7 aromatic carbocycles. The van der Waals surface area contributed by atoms with Crippen LogP contribution in [0.2, 0.25) is 15.1 Å². The number of halogens is 3. The molecule has 8 rings (SSSR count). The molecule has 0 spiro atoms. The van der Waals surface area contributed by atoms with Crippen LogP contribution in [-0.4, -0.2) is 8.42 Å². The van der Waals surface area contributed by atoms with E-state index in [9.17, 15) is 8.42 Å². The summed E-state index contributed by atoms with van der Waals surface area (Å²) < 4.78 is 25.1. The van der Waals surface area contributed by atoms with Crippen molar-refractivity contribution >= 4 is 167 Å². The van der Waals surface area contributed by atoms with Crippen LogP contribution in [0.5, 0.6) is 0 Å². The lowest BCUT2D eigenvalue weighted by atomic mass is 10.0. The van der Waals surface area contributed by atoms with Crippen molar-refractivity contribution in [2.45, 2.75) is 84.8 Å². The van der Waals surface area contributed by atoms with E-state index in [0.717, 1.165) is 98.9 Å². The van der Waals surface area contributed by atoms with Crippen molar-refractivity contribution in [1.82, 2.24) is 0 Å². The third-order valence-corrected chi connectivity index (χ3v) is 25.4. The lowest BCUT2D eigenvalue weighted by Gasteiger charge is -2.13. The topological polar surface area (TPSA) is 34.1 Å². The Bertz CT molecular complexity index is 3340. The minimum atomic E-state index is -1.21. The molecular weight excluding hydrogens is 1190 g/mol. The predicted molar refractivity (Wildman–Crippen MR) is 347 cm³/mol. The van der Waals surface area contributed by atoms with Gasteiger partial charge in [0.05, 0.1) is 20.6 Å². The molecule has 0 saturated carbocycles. The zero-order valence-corrected chi connectivity index (χ0v) is 50.5. The van der Waals surface area contributed by atoms with E-state index in [-0.39, 0.29) is 7.43 Å². The van der Waals surface area contributed by atoms with Gasteiger partial charge in [-0.3, -0.25) is 0 Å². The summed E-state index contributed by atoms with van der Waals surface area (Å²) in [6.07, 6.45) is 17.5. The van der Waals surface area contributed by atoms with Gasteiger partial charge in [0.15, 0.2) is 0 Å². The van der Waals surface area contributed by atoms with E-state index in [4.69, 9.17) is 34.8 Å². The van der Waals surface area contributed by atoms with Crippen LogP contribution in [0, 0.1) is 22.3 Å². The van der Waals surface area contributed by atoms with Gasteiger partial charge in [0.2, 0.25) is 0 Å². The van der Waals surface area contributed by atoms with E-state index in [2.05, 4.69) is 87.2 Å². The summed E-state index contributed by atoms with van der Waals surface area (Å²) in [6.45, 7) is 0. The van der Waals surface area contributed by atoms with E-state index in [1.54, 1.807) is 47.3 Å². The summed E-state index contributed by atoms with van der Waals surface area (Å²) >= 11 is 28.7. The van der Waals surface area contributed by atoms with Crippen LogP contribution in [0.3, 0.4) is 0 Å². The second-order valence-corrected chi connectivity index (χ2v) is 30.7. The number of rotatable bonds is 12. The Hall–Kier alpha value is -3.32. The smallest absolute Gasteiger partial charge is 0.130 e. The fraction of sp³-hybridized carbons (Fsp3) is 0.172. The normalized spacial score (nSPS) is 11.6. The molecular formula is C58H53Cl3O2S11. The number of unbranched alkanes of at least 4 members (excludes halogenated alkanes) is 4. The first-order chi connectivity index (χ1) is 35.7. The Morgan fingerprint density at radius 1 is 0.568 bits per heavy atom. The van der Waals surface area contributed by atoms with Crippen molar-refractivity contribution in [1.29, 1.82) is 0 Å². The standard InChI is InChI=1S/C19H15ClOS.C19H17ClOS.C19H17ClS.CH4.S8/c20-15-10-9-14-11-13-5-4-8-17(13)19(18(14)12-15)22(21)16-6-2-1-3-7-16;20-18-14-12-17(13-15-18)9-5-2-1-3-8-16-22(21)19-10-6-4-7-11-19;20-18-14-12-17(13-15-18)9-5-2-1-3-8-16-21-19-10-6-4-7-11-19;;1-3-5-7-8-6-4-2/h1-3,6-7,9-12H,4-5,8H2;4-7,9-15H,1-3H2;4-7,9-15H,1-3H2;1H4;/b;2*9-5+;;. The Morgan fingerprint density at radius 3 is 1.64 bits per heavy atom. The van der Waals surface area contributed by atoms with E-state index >= 15 is 0 Å². The monoisotopic (exact) mass is 1240 g/mol. The highest BCUT2D eigenvalue weighted by atomic mass is 35.5. The molecule has 0 radical (unpaired) electrons. The molecule has 0 N–H and O–H groups in total. The lowest BCUT2D eigenvalue weighted by Crippen LogP contribution is -2.00. The molecule has 2 nitrogen and oxygen atoms in total. The number of hydrogen-bond acceptors (Lipinski definition) is 5. The van der Waals surface area contributed by atoms with Crippen LogP contribution >= 0.6 is 46.6 Å². The first-order valence-electron chi connectivity index (χ1n) is 22.7. The van der Waals surface area contributed by atoms with Gasteiger partial charge < -0.3 is 0 Å². The molecule has 0 amide bonds. The van der Waals surface area contributed by atoms with Gasteiger partial charge >= 0.3 is 0 Å². The Balaban J connectivity index is 0.000000222. The van der Waals surface area contributed by atoms with Crippen LogP contribution in [0.15, 0.2) is 196 Å². The molecule has 0 bridgehead atoms. The fourth-order valence-corrected chi connectivity index (χ4v) is 21.1. The minimum Gasteiger partial charge on any atom is -0.249 e. The largest absolute Gasteiger partial charge is 0.249 e. The van der Waals surface area contributed by atoms with E-state index in [0.29, 0.717) is 5.02 Å². The molecule has 7 aromatic rings. The average molecular weight is 1240 g/mol. The van der Waals surface area contributed by atoms with Gasteiger partial charge in [-0.15, -0.1) is 0 Å². The maximum atomic E-state index is 13.2. The fourth-order valence-electron chi connectivity index (χ4n) is 6.86. The molecule has 1 aliphatic rings. The Labute approximate surface area is 490 Å². The van der Waals surface area contributed by atoms with Gasteiger partial charge in [0, 0.05) is 119 Å². The molecule has 0 fully saturated rings. The quantitative estimate of drug-likeness (QED) is 0.0692. The van der Waals surface area contributed by atoms with Gasteiger partial charge in [-0.05, 0) is 168 Å². The van der Waals surface area contributed by atoms with Crippen molar-refractivity contribution in [2.24, 2.45) is 0 Å². The molecule has 0 saturated heterocycles. The molecule has 74 heavy (non-hydrogen) atoms. The van der Waals surface area contributed by atoms with Gasteiger partial charge in [0.1, 0.15) is 10.8 Å². The van der Waals surface area contributed by atoms with Gasteiger partial charge in [-0.25, -0.2) is 8.42 Å². The van der Waals surface area contributed by atoms with Gasteiger partial charge in [-0.2, -0.15) is 0 Å². The summed E-state index contributed by atoms with van der Waals surface area (Å²) in [6, 6.07) is 53.0. The Kier molecular flexibility index (Phi) is 32.7. The number of fused-ring (bicyclic) bond motifs is 2. The van der Waals surface area contributed by atoms with Crippen molar-refractivity contribution in [3.63, 3.8) is 0 Å². The third kappa shape index (κ3) is 24.3. The molecule has 384 valence electrons. The molecule has 2 unspecified atom stereocenters. The highest BCUT2D eigenvalue weighted by Gasteiger charge is 2.22. The van der Waals surface area contributed by atoms with Gasteiger partial charge in [0.25, 0.3) is 0 Å². The summed E-state index contributed by atoms with van der Waals surface area (Å²) in [5, 5.41) is 10.3. The van der Waals surface area contributed by atoms with E-state index < -0.39 is 21.6 Å². The number of thioether (sulfide) groups is 1. The molecule has 0 aliphatic heterocycles. The highest BCUT2D eigenvalue weighted by molar-refractivity contribution is 8.70. The van der Waals surface area contributed by atoms with Crippen LogP contribution in [0.1, 0.15) is 74.6 Å². The third-order valence-electron chi connectivity index (χ3n) is 10.2. The van der Waals surface area contributed by atoms with Crippen LogP contribution in [0.25, 0.3) is 22.9 Å². The van der Waals surface area contributed by atoms with Crippen LogP contribution in [-0.2, 0) is 110 Å². The predicted octanol–water partition coefficient (Wildman–Crippen LogP) is 17.3. The number of benzene rings is 7. The number of aryl methyl sites for hydroxylation is 1. The number of allylic oxidation sites excluding steroid dienone is 2. The second kappa shape index (κ2) is 38.3. The van der Waals surface area contributed by atoms with Crippen LogP contribution < -0.4 is 0 Å². The molecule has 16 heteroatoms. The highest BCUT2D eigenvalue weighted by Crippen LogP contribution is 2.37. The first kappa shape index (κ1) is 63.2. The Morgan fingerprint density at radius 2 is 1.08 bits per heavy atom. The summed E-state index contributed by atoms with van der Waals surface area (Å²) in [4.78, 5) is 3.77. The SMILES string of the molecule is C.Clc1ccc(/C=C/CCCC#CSc2ccccc2)cc1.O=S(C#CCCC/C=C/c1ccc(Cl)cc1)c1ccccc1.O=S(c1ccccc1)c1c2c(cc3ccc(Cl)cc13)CCC2.S=S=S=S=S=S=S=S.